The predicted molar refractivity (Wildman–Crippen MR) is 116 cm³/mol. The first-order valence-electron chi connectivity index (χ1n) is 9.73. The van der Waals surface area contributed by atoms with Gasteiger partial charge < -0.3 is 14.1 Å². The molecule has 0 aliphatic heterocycles. The molecular formula is C21H15BrF3N7O. The van der Waals surface area contributed by atoms with Crippen molar-refractivity contribution in [1.82, 2.24) is 33.9 Å². The minimum absolute atomic E-state index is 0.204. The molecule has 5 rings (SSSR count). The maximum atomic E-state index is 12.9. The molecule has 1 amide bonds. The normalized spacial score (nSPS) is 12.0. The largest absolute Gasteiger partial charge is 0.417 e. The fourth-order valence-corrected chi connectivity index (χ4v) is 3.77. The Hall–Kier alpha value is -3.67. The molecule has 0 aromatic carbocycles. The number of pyridine rings is 2. The lowest BCUT2D eigenvalue weighted by Gasteiger charge is -2.05. The highest BCUT2D eigenvalue weighted by Gasteiger charge is 2.30. The highest BCUT2D eigenvalue weighted by Crippen LogP contribution is 2.29. The van der Waals surface area contributed by atoms with E-state index in [-0.39, 0.29) is 19.0 Å². The Kier molecular flexibility index (Phi) is 5.16. The van der Waals surface area contributed by atoms with Crippen LogP contribution in [0.5, 0.6) is 0 Å². The van der Waals surface area contributed by atoms with Crippen LogP contribution < -0.4 is 5.32 Å². The van der Waals surface area contributed by atoms with Crippen LogP contribution in [0.4, 0.5) is 13.2 Å². The van der Waals surface area contributed by atoms with E-state index in [1.165, 1.54) is 27.5 Å². The van der Waals surface area contributed by atoms with Crippen molar-refractivity contribution in [2.24, 2.45) is 0 Å². The molecule has 0 unspecified atom stereocenters. The summed E-state index contributed by atoms with van der Waals surface area (Å²) < 4.78 is 44.3. The quantitative estimate of drug-likeness (QED) is 0.383. The van der Waals surface area contributed by atoms with Gasteiger partial charge in [0, 0.05) is 29.3 Å². The number of rotatable bonds is 5. The first-order chi connectivity index (χ1) is 15.8. The van der Waals surface area contributed by atoms with E-state index < -0.39 is 11.7 Å². The zero-order chi connectivity index (χ0) is 23.2. The third-order valence-corrected chi connectivity index (χ3v) is 5.54. The number of nitrogens with zero attached hydrogens (tertiary/aromatic N) is 6. The number of fused-ring (bicyclic) bond motifs is 2. The first kappa shape index (κ1) is 21.2. The second kappa shape index (κ2) is 8.03. The number of hydrogen-bond donors (Lipinski definition) is 1. The Morgan fingerprint density at radius 2 is 1.97 bits per heavy atom. The van der Waals surface area contributed by atoms with Crippen LogP contribution in [0.25, 0.3) is 11.2 Å². The number of aromatic nitrogens is 6. The van der Waals surface area contributed by atoms with E-state index in [9.17, 15) is 18.0 Å². The van der Waals surface area contributed by atoms with E-state index in [0.29, 0.717) is 16.9 Å². The number of alkyl halides is 3. The van der Waals surface area contributed by atoms with E-state index in [1.54, 1.807) is 12.5 Å². The van der Waals surface area contributed by atoms with Crippen LogP contribution in [-0.4, -0.2) is 34.5 Å². The summed E-state index contributed by atoms with van der Waals surface area (Å²) in [6.07, 6.45) is 4.60. The second-order valence-electron chi connectivity index (χ2n) is 7.35. The van der Waals surface area contributed by atoms with E-state index in [4.69, 9.17) is 0 Å². The number of imidazole rings is 2. The van der Waals surface area contributed by atoms with E-state index in [1.807, 2.05) is 22.7 Å². The fourth-order valence-electron chi connectivity index (χ4n) is 3.44. The lowest BCUT2D eigenvalue weighted by Crippen LogP contribution is -2.22. The van der Waals surface area contributed by atoms with E-state index in [0.717, 1.165) is 27.9 Å². The molecule has 33 heavy (non-hydrogen) atoms. The van der Waals surface area contributed by atoms with Crippen molar-refractivity contribution in [3.8, 4) is 0 Å². The smallest absolute Gasteiger partial charge is 0.346 e. The Labute approximate surface area is 192 Å². The molecule has 0 aliphatic rings. The summed E-state index contributed by atoms with van der Waals surface area (Å²) in [5, 5.41) is 6.99. The van der Waals surface area contributed by atoms with Gasteiger partial charge in [0.25, 0.3) is 5.91 Å². The van der Waals surface area contributed by atoms with Gasteiger partial charge in [0.15, 0.2) is 0 Å². The third-order valence-electron chi connectivity index (χ3n) is 5.04. The number of hydrogen-bond acceptors (Lipinski definition) is 4. The lowest BCUT2D eigenvalue weighted by molar-refractivity contribution is -0.137. The third kappa shape index (κ3) is 4.33. The Balaban J connectivity index is 1.27. The van der Waals surface area contributed by atoms with Crippen molar-refractivity contribution >= 4 is 33.0 Å². The Bertz CT molecular complexity index is 1480. The molecular weight excluding hydrogens is 503 g/mol. The van der Waals surface area contributed by atoms with Crippen LogP contribution >= 0.6 is 15.9 Å². The lowest BCUT2D eigenvalue weighted by atomic mass is 10.3. The topological polar surface area (TPSA) is 81.5 Å². The minimum Gasteiger partial charge on any atom is -0.346 e. The molecule has 0 atom stereocenters. The van der Waals surface area contributed by atoms with Gasteiger partial charge in [0.1, 0.15) is 5.65 Å². The molecule has 0 saturated carbocycles. The van der Waals surface area contributed by atoms with Crippen LogP contribution in [0, 0.1) is 0 Å². The van der Waals surface area contributed by atoms with Gasteiger partial charge in [-0.1, -0.05) is 15.9 Å². The molecule has 0 aliphatic carbocycles. The molecule has 12 heteroatoms. The summed E-state index contributed by atoms with van der Waals surface area (Å²) in [6.45, 7) is 0.445. The zero-order valence-electron chi connectivity index (χ0n) is 16.8. The molecule has 5 aromatic heterocycles. The highest BCUT2D eigenvalue weighted by molar-refractivity contribution is 9.10. The standard InChI is InChI=1S/C21H15BrF3N7O/c22-15-3-4-30-12-27-17(18(30)5-15)7-26-20(33)13-6-28-32(8-13)11-16-10-31-9-14(21(23,24)25)1-2-19(31)29-16/h1-6,8-10,12H,7,11H2,(H,26,33). The molecule has 0 spiro atoms. The van der Waals surface area contributed by atoms with Crippen molar-refractivity contribution in [3.05, 3.63) is 88.6 Å². The second-order valence-corrected chi connectivity index (χ2v) is 8.27. The van der Waals surface area contributed by atoms with E-state index >= 15 is 0 Å². The van der Waals surface area contributed by atoms with Gasteiger partial charge in [-0.3, -0.25) is 9.48 Å². The zero-order valence-corrected chi connectivity index (χ0v) is 18.4. The van der Waals surface area contributed by atoms with Crippen LogP contribution in [-0.2, 0) is 19.3 Å². The Morgan fingerprint density at radius 3 is 2.79 bits per heavy atom. The first-order valence-corrected chi connectivity index (χ1v) is 10.5. The molecule has 0 bridgehead atoms. The van der Waals surface area contributed by atoms with Gasteiger partial charge in [-0.2, -0.15) is 18.3 Å². The number of amides is 1. The monoisotopic (exact) mass is 517 g/mol. The predicted octanol–water partition coefficient (Wildman–Crippen LogP) is 3.94. The van der Waals surface area contributed by atoms with Crippen LogP contribution in [0.1, 0.15) is 27.3 Å². The van der Waals surface area contributed by atoms with Crippen molar-refractivity contribution in [1.29, 1.82) is 0 Å². The molecule has 5 aromatic rings. The van der Waals surface area contributed by atoms with Crippen LogP contribution in [0.3, 0.4) is 0 Å². The molecule has 1 N–H and O–H groups in total. The van der Waals surface area contributed by atoms with E-state index in [2.05, 4.69) is 36.3 Å². The molecule has 0 radical (unpaired) electrons. The molecule has 168 valence electrons. The minimum atomic E-state index is -4.43. The number of carbonyl (C=O) groups excluding carboxylic acids is 1. The number of nitrogens with one attached hydrogen (secondary N) is 1. The maximum absolute atomic E-state index is 12.9. The molecule has 5 heterocycles. The summed E-state index contributed by atoms with van der Waals surface area (Å²) in [4.78, 5) is 21.2. The van der Waals surface area contributed by atoms with Gasteiger partial charge in [-0.05, 0) is 24.3 Å². The van der Waals surface area contributed by atoms with Crippen LogP contribution in [0.2, 0.25) is 0 Å². The average Bonchev–Trinajstić information content (AvgIpc) is 3.49. The maximum Gasteiger partial charge on any atom is 0.417 e. The molecule has 8 nitrogen and oxygen atoms in total. The SMILES string of the molecule is O=C(NCc1ncn2ccc(Br)cc12)c1cnn(Cc2cn3cc(C(F)(F)F)ccc3n2)c1. The summed E-state index contributed by atoms with van der Waals surface area (Å²) in [6, 6.07) is 6.11. The van der Waals surface area contributed by atoms with Gasteiger partial charge in [0.05, 0.1) is 53.6 Å². The van der Waals surface area contributed by atoms with Gasteiger partial charge in [0.2, 0.25) is 0 Å². The molecule has 0 fully saturated rings. The average molecular weight is 518 g/mol. The number of carbonyl (C=O) groups is 1. The summed E-state index contributed by atoms with van der Waals surface area (Å²) >= 11 is 3.43. The van der Waals surface area contributed by atoms with Crippen molar-refractivity contribution in [2.75, 3.05) is 0 Å². The van der Waals surface area contributed by atoms with Crippen molar-refractivity contribution in [2.45, 2.75) is 19.3 Å². The van der Waals surface area contributed by atoms with Gasteiger partial charge in [-0.25, -0.2) is 9.97 Å². The highest BCUT2D eigenvalue weighted by atomic mass is 79.9. The Morgan fingerprint density at radius 1 is 1.12 bits per heavy atom. The van der Waals surface area contributed by atoms with Crippen LogP contribution in [0.15, 0.2) is 66.0 Å². The van der Waals surface area contributed by atoms with Crippen molar-refractivity contribution in [3.63, 3.8) is 0 Å². The fraction of sp³-hybridized carbons (Fsp3) is 0.143. The summed E-state index contributed by atoms with van der Waals surface area (Å²) in [7, 11) is 0. The number of halogens is 4. The van der Waals surface area contributed by atoms with Gasteiger partial charge >= 0.3 is 6.18 Å². The summed E-state index contributed by atoms with van der Waals surface area (Å²) in [5.41, 5.74) is 2.10. The van der Waals surface area contributed by atoms with Gasteiger partial charge in [-0.15, -0.1) is 0 Å². The van der Waals surface area contributed by atoms with Crippen molar-refractivity contribution < 1.29 is 18.0 Å². The summed E-state index contributed by atoms with van der Waals surface area (Å²) in [5.74, 6) is -0.317. The molecule has 0 saturated heterocycles.